The second-order valence-corrected chi connectivity index (χ2v) is 3.99. The molecular formula is C6H15NO3S. The van der Waals surface area contributed by atoms with Crippen LogP contribution in [0.25, 0.3) is 0 Å². The van der Waals surface area contributed by atoms with E-state index < -0.39 is 10.1 Å². The molecule has 0 aliphatic heterocycles. The Kier molecular flexibility index (Phi) is 5.45. The minimum absolute atomic E-state index is 0.0938. The molecule has 68 valence electrons. The molecule has 0 aliphatic rings. The zero-order chi connectivity index (χ0) is 8.74. The van der Waals surface area contributed by atoms with Crippen LogP contribution in [-0.2, 0) is 14.3 Å². The molecule has 1 N–H and O–H groups in total. The number of hydrogen-bond acceptors (Lipinski definition) is 4. The van der Waals surface area contributed by atoms with E-state index in [0.29, 0.717) is 6.42 Å². The maximum Gasteiger partial charge on any atom is 0.267 e. The summed E-state index contributed by atoms with van der Waals surface area (Å²) in [6.07, 6.45) is 0.601. The number of hydrogen-bond donors (Lipinski definition) is 1. The van der Waals surface area contributed by atoms with Crippen molar-refractivity contribution in [1.29, 1.82) is 0 Å². The molecule has 0 radical (unpaired) electrons. The van der Waals surface area contributed by atoms with Crippen LogP contribution in [0, 0.1) is 0 Å². The SMILES string of the molecule is CCNCCCS(=O)(=O)OC. The topological polar surface area (TPSA) is 55.4 Å². The molecule has 0 amide bonds. The van der Waals surface area contributed by atoms with Crippen LogP contribution in [0.15, 0.2) is 0 Å². The van der Waals surface area contributed by atoms with E-state index in [-0.39, 0.29) is 5.75 Å². The fraction of sp³-hybridized carbons (Fsp3) is 1.00. The average Bonchev–Trinajstić information content (AvgIpc) is 1.99. The fourth-order valence-corrected chi connectivity index (χ4v) is 1.30. The van der Waals surface area contributed by atoms with Crippen molar-refractivity contribution in [3.05, 3.63) is 0 Å². The molecule has 0 heterocycles. The van der Waals surface area contributed by atoms with Gasteiger partial charge in [-0.1, -0.05) is 6.92 Å². The summed E-state index contributed by atoms with van der Waals surface area (Å²) in [6.45, 7) is 3.57. The van der Waals surface area contributed by atoms with Crippen LogP contribution in [0.1, 0.15) is 13.3 Å². The summed E-state index contributed by atoms with van der Waals surface area (Å²) in [5.41, 5.74) is 0. The molecule has 0 fully saturated rings. The molecule has 0 unspecified atom stereocenters. The van der Waals surface area contributed by atoms with E-state index in [4.69, 9.17) is 0 Å². The van der Waals surface area contributed by atoms with Gasteiger partial charge in [0.2, 0.25) is 0 Å². The molecular weight excluding hydrogens is 166 g/mol. The molecule has 0 saturated heterocycles. The van der Waals surface area contributed by atoms with Gasteiger partial charge in [0.25, 0.3) is 10.1 Å². The van der Waals surface area contributed by atoms with Crippen LogP contribution in [0.4, 0.5) is 0 Å². The molecule has 0 bridgehead atoms. The second kappa shape index (κ2) is 5.51. The first-order valence-corrected chi connectivity index (χ1v) is 5.19. The first-order valence-electron chi connectivity index (χ1n) is 3.61. The lowest BCUT2D eigenvalue weighted by Crippen LogP contribution is -2.18. The van der Waals surface area contributed by atoms with Crippen LogP contribution in [0.2, 0.25) is 0 Å². The largest absolute Gasteiger partial charge is 0.317 e. The number of rotatable bonds is 6. The highest BCUT2D eigenvalue weighted by Crippen LogP contribution is 1.92. The van der Waals surface area contributed by atoms with Gasteiger partial charge in [0.15, 0.2) is 0 Å². The van der Waals surface area contributed by atoms with Crippen molar-refractivity contribution >= 4 is 10.1 Å². The zero-order valence-electron chi connectivity index (χ0n) is 6.96. The summed E-state index contributed by atoms with van der Waals surface area (Å²) in [4.78, 5) is 0. The highest BCUT2D eigenvalue weighted by molar-refractivity contribution is 7.86. The monoisotopic (exact) mass is 181 g/mol. The molecule has 0 atom stereocenters. The summed E-state index contributed by atoms with van der Waals surface area (Å²) >= 11 is 0. The van der Waals surface area contributed by atoms with E-state index in [1.165, 1.54) is 7.11 Å². The minimum atomic E-state index is -3.24. The van der Waals surface area contributed by atoms with Crippen LogP contribution < -0.4 is 5.32 Å². The van der Waals surface area contributed by atoms with E-state index in [1.54, 1.807) is 0 Å². The maximum absolute atomic E-state index is 10.7. The van der Waals surface area contributed by atoms with E-state index >= 15 is 0 Å². The Hall–Kier alpha value is -0.130. The van der Waals surface area contributed by atoms with Gasteiger partial charge in [0.05, 0.1) is 12.9 Å². The smallest absolute Gasteiger partial charge is 0.267 e. The second-order valence-electron chi connectivity index (χ2n) is 2.14. The molecule has 5 heteroatoms. The van der Waals surface area contributed by atoms with E-state index in [9.17, 15) is 8.42 Å². The Labute approximate surface area is 68.1 Å². The molecule has 4 nitrogen and oxygen atoms in total. The van der Waals surface area contributed by atoms with Crippen LogP contribution in [0.3, 0.4) is 0 Å². The molecule has 0 aromatic heterocycles. The van der Waals surface area contributed by atoms with Gasteiger partial charge in [-0.25, -0.2) is 0 Å². The van der Waals surface area contributed by atoms with Crippen LogP contribution in [0.5, 0.6) is 0 Å². The highest BCUT2D eigenvalue weighted by Gasteiger charge is 2.06. The maximum atomic E-state index is 10.7. The van der Waals surface area contributed by atoms with Crippen molar-refractivity contribution in [3.8, 4) is 0 Å². The van der Waals surface area contributed by atoms with Gasteiger partial charge < -0.3 is 5.32 Å². The summed E-state index contributed by atoms with van der Waals surface area (Å²) in [7, 11) is -2.06. The van der Waals surface area contributed by atoms with Gasteiger partial charge >= 0.3 is 0 Å². The summed E-state index contributed by atoms with van der Waals surface area (Å²) < 4.78 is 25.7. The average molecular weight is 181 g/mol. The lowest BCUT2D eigenvalue weighted by Gasteiger charge is -2.01. The van der Waals surface area contributed by atoms with E-state index in [2.05, 4.69) is 9.50 Å². The van der Waals surface area contributed by atoms with Crippen molar-refractivity contribution in [3.63, 3.8) is 0 Å². The third kappa shape index (κ3) is 6.28. The quantitative estimate of drug-likeness (QED) is 0.461. The van der Waals surface area contributed by atoms with Crippen molar-refractivity contribution in [2.24, 2.45) is 0 Å². The predicted octanol–water partition coefficient (Wildman–Crippen LogP) is -0.0378. The molecule has 0 saturated carbocycles. The minimum Gasteiger partial charge on any atom is -0.317 e. The third-order valence-corrected chi connectivity index (χ3v) is 2.55. The normalized spacial score (nSPS) is 11.8. The van der Waals surface area contributed by atoms with E-state index in [1.807, 2.05) is 6.92 Å². The first-order chi connectivity index (χ1) is 5.12. The molecule has 0 aliphatic carbocycles. The van der Waals surface area contributed by atoms with Gasteiger partial charge in [-0.2, -0.15) is 8.42 Å². The molecule has 0 aromatic rings. The lowest BCUT2D eigenvalue weighted by molar-refractivity contribution is 0.396. The summed E-state index contributed by atoms with van der Waals surface area (Å²) in [5, 5.41) is 3.02. The van der Waals surface area contributed by atoms with Crippen molar-refractivity contribution in [1.82, 2.24) is 5.32 Å². The Bertz CT molecular complexity index is 176. The third-order valence-electron chi connectivity index (χ3n) is 1.25. The molecule has 0 spiro atoms. The zero-order valence-corrected chi connectivity index (χ0v) is 7.78. The van der Waals surface area contributed by atoms with Crippen molar-refractivity contribution < 1.29 is 12.6 Å². The van der Waals surface area contributed by atoms with Crippen molar-refractivity contribution in [2.45, 2.75) is 13.3 Å². The summed E-state index contributed by atoms with van der Waals surface area (Å²) in [6, 6.07) is 0. The molecule has 0 rings (SSSR count). The Morgan fingerprint density at radius 3 is 2.55 bits per heavy atom. The van der Waals surface area contributed by atoms with Crippen LogP contribution in [-0.4, -0.2) is 34.4 Å². The van der Waals surface area contributed by atoms with E-state index in [0.717, 1.165) is 13.1 Å². The summed E-state index contributed by atoms with van der Waals surface area (Å²) in [5.74, 6) is 0.0938. The Morgan fingerprint density at radius 1 is 1.45 bits per heavy atom. The Morgan fingerprint density at radius 2 is 2.09 bits per heavy atom. The highest BCUT2D eigenvalue weighted by atomic mass is 32.2. The first kappa shape index (κ1) is 10.9. The van der Waals surface area contributed by atoms with Gasteiger partial charge in [-0.05, 0) is 19.5 Å². The predicted molar refractivity (Wildman–Crippen MR) is 44.0 cm³/mol. The standard InChI is InChI=1S/C6H15NO3S/c1-3-7-5-4-6-11(8,9)10-2/h7H,3-6H2,1-2H3. The molecule has 11 heavy (non-hydrogen) atoms. The Balaban J connectivity index is 3.39. The van der Waals surface area contributed by atoms with Gasteiger partial charge in [0, 0.05) is 0 Å². The van der Waals surface area contributed by atoms with Gasteiger partial charge in [-0.15, -0.1) is 0 Å². The molecule has 0 aromatic carbocycles. The lowest BCUT2D eigenvalue weighted by atomic mass is 10.5. The van der Waals surface area contributed by atoms with Crippen molar-refractivity contribution in [2.75, 3.05) is 26.0 Å². The van der Waals surface area contributed by atoms with Gasteiger partial charge in [-0.3, -0.25) is 4.18 Å². The van der Waals surface area contributed by atoms with Crippen LogP contribution >= 0.6 is 0 Å². The number of nitrogens with one attached hydrogen (secondary N) is 1. The van der Waals surface area contributed by atoms with Gasteiger partial charge in [0.1, 0.15) is 0 Å². The fourth-order valence-electron chi connectivity index (χ4n) is 0.634.